The first-order chi connectivity index (χ1) is 14.3. The van der Waals surface area contributed by atoms with E-state index in [1.165, 1.54) is 23.3 Å². The Labute approximate surface area is 177 Å². The molecule has 154 valence electrons. The van der Waals surface area contributed by atoms with Crippen LogP contribution in [-0.2, 0) is 11.3 Å². The van der Waals surface area contributed by atoms with E-state index in [4.69, 9.17) is 4.74 Å². The fourth-order valence-corrected chi connectivity index (χ4v) is 4.16. The smallest absolute Gasteiger partial charge is 0.323 e. The van der Waals surface area contributed by atoms with Crippen LogP contribution in [0.3, 0.4) is 0 Å². The summed E-state index contributed by atoms with van der Waals surface area (Å²) >= 11 is 1.49. The molecule has 1 aromatic heterocycles. The summed E-state index contributed by atoms with van der Waals surface area (Å²) in [5.41, 5.74) is 0.330. The maximum absolute atomic E-state index is 12.9. The number of hydrogen-bond donors (Lipinski definition) is 2. The highest BCUT2D eigenvalue weighted by Gasteiger charge is 2.48. The number of aromatic nitrogens is 1. The number of fused-ring (bicyclic) bond motifs is 1. The quantitative estimate of drug-likeness (QED) is 0.576. The van der Waals surface area contributed by atoms with Gasteiger partial charge >= 0.3 is 6.03 Å². The Hall–Kier alpha value is -3.38. The lowest BCUT2D eigenvalue weighted by molar-refractivity contribution is -0.122. The number of thiazole rings is 1. The van der Waals surface area contributed by atoms with Gasteiger partial charge in [-0.2, -0.15) is 0 Å². The summed E-state index contributed by atoms with van der Waals surface area (Å²) in [4.78, 5) is 43.4. The van der Waals surface area contributed by atoms with E-state index in [2.05, 4.69) is 27.5 Å². The fraction of sp³-hybridized carbons (Fsp3) is 0.333. The molecule has 1 unspecified atom stereocenters. The second kappa shape index (κ2) is 7.46. The van der Waals surface area contributed by atoms with E-state index in [1.54, 1.807) is 12.1 Å². The lowest BCUT2D eigenvalue weighted by atomic mass is 9.99. The van der Waals surface area contributed by atoms with Crippen LogP contribution in [-0.4, -0.2) is 46.9 Å². The van der Waals surface area contributed by atoms with E-state index in [9.17, 15) is 14.4 Å². The average Bonchev–Trinajstić information content (AvgIpc) is 3.38. The van der Waals surface area contributed by atoms with Crippen LogP contribution in [0.5, 0.6) is 5.75 Å². The number of imide groups is 1. The first-order valence-corrected chi connectivity index (χ1v) is 10.3. The standard InChI is InChI=1S/C21H20N4O4S/c1-12(2)17-22-14(10-30-17)6-7-21(19(27)23-20(28)24-21)11-25-9-13-4-5-15(29-3)8-16(13)18(25)26/h4-5,8,10,12H,9,11H2,1-3H3,(H2,23,24,27,28). The third kappa shape index (κ3) is 3.50. The minimum absolute atomic E-state index is 0.0748. The zero-order valence-electron chi connectivity index (χ0n) is 16.7. The van der Waals surface area contributed by atoms with E-state index in [1.807, 2.05) is 25.3 Å². The van der Waals surface area contributed by atoms with Gasteiger partial charge < -0.3 is 15.0 Å². The van der Waals surface area contributed by atoms with Crippen LogP contribution in [0.2, 0.25) is 0 Å². The molecule has 0 bridgehead atoms. The first-order valence-electron chi connectivity index (χ1n) is 9.40. The maximum atomic E-state index is 12.9. The molecule has 2 aliphatic rings. The Morgan fingerprint density at radius 3 is 2.77 bits per heavy atom. The highest BCUT2D eigenvalue weighted by molar-refractivity contribution is 7.09. The van der Waals surface area contributed by atoms with E-state index < -0.39 is 17.5 Å². The number of ether oxygens (including phenoxy) is 1. The zero-order valence-corrected chi connectivity index (χ0v) is 17.6. The second-order valence-electron chi connectivity index (χ2n) is 7.47. The number of methoxy groups -OCH3 is 1. The number of nitrogens with one attached hydrogen (secondary N) is 2. The van der Waals surface area contributed by atoms with Gasteiger partial charge in [-0.25, -0.2) is 9.78 Å². The summed E-state index contributed by atoms with van der Waals surface area (Å²) in [5.74, 6) is 5.79. The van der Waals surface area contributed by atoms with Crippen molar-refractivity contribution in [2.75, 3.05) is 13.7 Å². The van der Waals surface area contributed by atoms with Crippen LogP contribution in [0.1, 0.15) is 46.4 Å². The van der Waals surface area contributed by atoms with Crippen molar-refractivity contribution in [1.29, 1.82) is 0 Å². The Kier molecular flexibility index (Phi) is 4.95. The van der Waals surface area contributed by atoms with E-state index in [-0.39, 0.29) is 18.4 Å². The molecule has 0 radical (unpaired) electrons. The van der Waals surface area contributed by atoms with Crippen molar-refractivity contribution in [3.8, 4) is 17.6 Å². The maximum Gasteiger partial charge on any atom is 0.323 e. The molecule has 0 aliphatic carbocycles. The number of urea groups is 1. The summed E-state index contributed by atoms with van der Waals surface area (Å²) in [6.07, 6.45) is 0. The topological polar surface area (TPSA) is 101 Å². The number of hydrogen-bond acceptors (Lipinski definition) is 6. The molecule has 30 heavy (non-hydrogen) atoms. The molecule has 0 spiro atoms. The van der Waals surface area contributed by atoms with E-state index in [0.29, 0.717) is 23.6 Å². The van der Waals surface area contributed by atoms with Crippen molar-refractivity contribution >= 4 is 29.2 Å². The normalized spacial score (nSPS) is 20.0. The summed E-state index contributed by atoms with van der Waals surface area (Å²) in [6, 6.07) is 4.64. The minimum Gasteiger partial charge on any atom is -0.497 e. The lowest BCUT2D eigenvalue weighted by Crippen LogP contribution is -2.54. The Balaban J connectivity index is 1.63. The van der Waals surface area contributed by atoms with Gasteiger partial charge in [-0.05, 0) is 23.6 Å². The van der Waals surface area contributed by atoms with Crippen molar-refractivity contribution in [2.45, 2.75) is 31.8 Å². The Morgan fingerprint density at radius 1 is 1.33 bits per heavy atom. The molecule has 3 heterocycles. The Morgan fingerprint density at radius 2 is 2.13 bits per heavy atom. The summed E-state index contributed by atoms with van der Waals surface area (Å²) in [5, 5.41) is 7.58. The molecule has 1 saturated heterocycles. The number of nitrogens with zero attached hydrogens (tertiary/aromatic N) is 2. The van der Waals surface area contributed by atoms with Crippen LogP contribution in [0.15, 0.2) is 23.6 Å². The number of benzene rings is 1. The van der Waals surface area contributed by atoms with Crippen molar-refractivity contribution in [3.63, 3.8) is 0 Å². The zero-order chi connectivity index (χ0) is 21.5. The third-order valence-electron chi connectivity index (χ3n) is 4.99. The molecule has 1 atom stereocenters. The van der Waals surface area contributed by atoms with Crippen LogP contribution in [0.4, 0.5) is 4.79 Å². The highest BCUT2D eigenvalue weighted by Crippen LogP contribution is 2.28. The van der Waals surface area contributed by atoms with Gasteiger partial charge in [-0.3, -0.25) is 14.9 Å². The molecule has 0 saturated carbocycles. The molecule has 2 aromatic rings. The van der Waals surface area contributed by atoms with Gasteiger partial charge in [-0.1, -0.05) is 25.8 Å². The number of rotatable bonds is 4. The molecule has 2 N–H and O–H groups in total. The summed E-state index contributed by atoms with van der Waals surface area (Å²) in [7, 11) is 1.53. The first kappa shape index (κ1) is 19.9. The van der Waals surface area contributed by atoms with E-state index in [0.717, 1.165) is 10.6 Å². The lowest BCUT2D eigenvalue weighted by Gasteiger charge is -2.26. The van der Waals surface area contributed by atoms with Crippen molar-refractivity contribution in [3.05, 3.63) is 45.4 Å². The van der Waals surface area contributed by atoms with Gasteiger partial charge in [0.25, 0.3) is 11.8 Å². The number of carbonyl (C=O) groups excluding carboxylic acids is 3. The predicted molar refractivity (Wildman–Crippen MR) is 110 cm³/mol. The Bertz CT molecular complexity index is 1110. The molecular weight excluding hydrogens is 404 g/mol. The molecule has 1 aromatic carbocycles. The predicted octanol–water partition coefficient (Wildman–Crippen LogP) is 1.86. The number of amides is 4. The molecule has 1 fully saturated rings. The number of carbonyl (C=O) groups is 3. The van der Waals surface area contributed by atoms with Crippen LogP contribution < -0.4 is 15.4 Å². The third-order valence-corrected chi connectivity index (χ3v) is 6.13. The molecular formula is C21H20N4O4S. The van der Waals surface area contributed by atoms with Crippen LogP contribution in [0.25, 0.3) is 0 Å². The van der Waals surface area contributed by atoms with Crippen molar-refractivity contribution < 1.29 is 19.1 Å². The molecule has 2 aliphatic heterocycles. The van der Waals surface area contributed by atoms with Gasteiger partial charge in [0.05, 0.1) is 18.7 Å². The molecule has 4 amide bonds. The van der Waals surface area contributed by atoms with Gasteiger partial charge in [0.2, 0.25) is 5.54 Å². The van der Waals surface area contributed by atoms with Gasteiger partial charge in [-0.15, -0.1) is 11.3 Å². The second-order valence-corrected chi connectivity index (χ2v) is 8.36. The van der Waals surface area contributed by atoms with Gasteiger partial charge in [0, 0.05) is 23.4 Å². The summed E-state index contributed by atoms with van der Waals surface area (Å²) in [6.45, 7) is 4.31. The average molecular weight is 424 g/mol. The fourth-order valence-electron chi connectivity index (χ4n) is 3.39. The van der Waals surface area contributed by atoms with Crippen molar-refractivity contribution in [1.82, 2.24) is 20.5 Å². The summed E-state index contributed by atoms with van der Waals surface area (Å²) < 4.78 is 5.19. The van der Waals surface area contributed by atoms with Gasteiger partial charge in [0.15, 0.2) is 0 Å². The molecule has 8 nitrogen and oxygen atoms in total. The molecule has 4 rings (SSSR count). The largest absolute Gasteiger partial charge is 0.497 e. The van der Waals surface area contributed by atoms with Gasteiger partial charge in [0.1, 0.15) is 11.4 Å². The molecule has 9 heteroatoms. The van der Waals surface area contributed by atoms with E-state index >= 15 is 0 Å². The monoisotopic (exact) mass is 424 g/mol. The highest BCUT2D eigenvalue weighted by atomic mass is 32.1. The van der Waals surface area contributed by atoms with Crippen molar-refractivity contribution in [2.24, 2.45) is 0 Å². The van der Waals surface area contributed by atoms with Crippen LogP contribution in [0, 0.1) is 11.8 Å². The van der Waals surface area contributed by atoms with Crippen LogP contribution >= 0.6 is 11.3 Å². The SMILES string of the molecule is COc1ccc2c(c1)C(=O)N(CC1(C#Cc3csc(C(C)C)n3)NC(=O)NC1=O)C2. The minimum atomic E-state index is -1.54.